The van der Waals surface area contributed by atoms with Crippen LogP contribution in [0.25, 0.3) is 0 Å². The van der Waals surface area contributed by atoms with Crippen molar-refractivity contribution >= 4 is 15.9 Å². The van der Waals surface area contributed by atoms with Crippen molar-refractivity contribution in [2.75, 3.05) is 0 Å². The predicted molar refractivity (Wildman–Crippen MR) is 86.2 cm³/mol. The number of rotatable bonds is 5. The topological polar surface area (TPSA) is 12.0 Å². The molecule has 1 aromatic carbocycles. The molecule has 1 nitrogen and oxygen atoms in total. The van der Waals surface area contributed by atoms with Gasteiger partial charge in [0.05, 0.1) is 0 Å². The Morgan fingerprint density at radius 1 is 1.25 bits per heavy atom. The maximum atomic E-state index is 13.7. The lowest BCUT2D eigenvalue weighted by Gasteiger charge is -2.17. The molecule has 20 heavy (non-hydrogen) atoms. The second-order valence-corrected chi connectivity index (χ2v) is 6.89. The molecule has 1 aromatic rings. The van der Waals surface area contributed by atoms with Crippen LogP contribution in [-0.2, 0) is 6.54 Å². The maximum absolute atomic E-state index is 13.7. The summed E-state index contributed by atoms with van der Waals surface area (Å²) in [5.41, 5.74) is 0.758. The molecule has 3 heteroatoms. The molecule has 0 saturated heterocycles. The SMILES string of the molecule is CCCC1CCCC(NCc2cc(Br)ccc2F)CC1. The van der Waals surface area contributed by atoms with E-state index in [0.717, 1.165) is 16.0 Å². The number of nitrogens with one attached hydrogen (secondary N) is 1. The Morgan fingerprint density at radius 2 is 2.10 bits per heavy atom. The van der Waals surface area contributed by atoms with Crippen LogP contribution in [0.2, 0.25) is 0 Å². The number of hydrogen-bond donors (Lipinski definition) is 1. The van der Waals surface area contributed by atoms with Gasteiger partial charge in [-0.2, -0.15) is 0 Å². The molecule has 2 atom stereocenters. The molecular weight excluding hydrogens is 317 g/mol. The summed E-state index contributed by atoms with van der Waals surface area (Å²) >= 11 is 3.41. The normalized spacial score (nSPS) is 23.6. The highest BCUT2D eigenvalue weighted by Gasteiger charge is 2.18. The lowest BCUT2D eigenvalue weighted by Crippen LogP contribution is -2.28. The summed E-state index contributed by atoms with van der Waals surface area (Å²) in [7, 11) is 0. The fourth-order valence-electron chi connectivity index (χ4n) is 3.21. The molecular formula is C17H25BrFN. The summed E-state index contributed by atoms with van der Waals surface area (Å²) in [5, 5.41) is 3.55. The van der Waals surface area contributed by atoms with Crippen LogP contribution < -0.4 is 5.32 Å². The van der Waals surface area contributed by atoms with Gasteiger partial charge in [-0.1, -0.05) is 48.5 Å². The van der Waals surface area contributed by atoms with Crippen molar-refractivity contribution in [3.63, 3.8) is 0 Å². The summed E-state index contributed by atoms with van der Waals surface area (Å²) in [6.07, 6.45) is 9.14. The summed E-state index contributed by atoms with van der Waals surface area (Å²) < 4.78 is 14.6. The number of halogens is 2. The molecule has 0 amide bonds. The van der Waals surface area contributed by atoms with Gasteiger partial charge in [0.2, 0.25) is 0 Å². The van der Waals surface area contributed by atoms with Crippen molar-refractivity contribution in [1.82, 2.24) is 5.32 Å². The molecule has 1 saturated carbocycles. The Hall–Kier alpha value is -0.410. The fraction of sp³-hybridized carbons (Fsp3) is 0.647. The van der Waals surface area contributed by atoms with Crippen LogP contribution in [0.15, 0.2) is 22.7 Å². The molecule has 2 unspecified atom stereocenters. The van der Waals surface area contributed by atoms with E-state index < -0.39 is 0 Å². The van der Waals surface area contributed by atoms with Crippen molar-refractivity contribution in [3.05, 3.63) is 34.1 Å². The average molecular weight is 342 g/mol. The third-order valence-corrected chi connectivity index (χ3v) is 4.87. The highest BCUT2D eigenvalue weighted by Crippen LogP contribution is 2.27. The van der Waals surface area contributed by atoms with E-state index in [1.165, 1.54) is 51.0 Å². The Kier molecular flexibility index (Phi) is 6.50. The van der Waals surface area contributed by atoms with Gasteiger partial charge in [-0.25, -0.2) is 4.39 Å². The summed E-state index contributed by atoms with van der Waals surface area (Å²) in [6, 6.07) is 5.71. The van der Waals surface area contributed by atoms with Crippen molar-refractivity contribution in [2.24, 2.45) is 5.92 Å². The van der Waals surface area contributed by atoms with E-state index >= 15 is 0 Å². The van der Waals surface area contributed by atoms with Crippen LogP contribution in [0.5, 0.6) is 0 Å². The van der Waals surface area contributed by atoms with Gasteiger partial charge in [0.25, 0.3) is 0 Å². The first-order valence-electron chi connectivity index (χ1n) is 7.86. The molecule has 1 N–H and O–H groups in total. The molecule has 0 aliphatic heterocycles. The smallest absolute Gasteiger partial charge is 0.127 e. The van der Waals surface area contributed by atoms with Crippen molar-refractivity contribution in [3.8, 4) is 0 Å². The minimum atomic E-state index is -0.113. The second kappa shape index (κ2) is 8.14. The molecule has 0 radical (unpaired) electrons. The quantitative estimate of drug-likeness (QED) is 0.704. The van der Waals surface area contributed by atoms with Crippen molar-refractivity contribution in [1.29, 1.82) is 0 Å². The van der Waals surface area contributed by atoms with E-state index in [1.807, 2.05) is 6.07 Å². The van der Waals surface area contributed by atoms with Crippen molar-refractivity contribution in [2.45, 2.75) is 64.5 Å². The zero-order valence-corrected chi connectivity index (χ0v) is 13.9. The first-order valence-corrected chi connectivity index (χ1v) is 8.65. The van der Waals surface area contributed by atoms with Gasteiger partial charge in [0, 0.05) is 22.6 Å². The highest BCUT2D eigenvalue weighted by molar-refractivity contribution is 9.10. The summed E-state index contributed by atoms with van der Waals surface area (Å²) in [4.78, 5) is 0. The summed E-state index contributed by atoms with van der Waals surface area (Å²) in [6.45, 7) is 2.91. The lowest BCUT2D eigenvalue weighted by atomic mass is 9.95. The van der Waals surface area contributed by atoms with Gasteiger partial charge < -0.3 is 5.32 Å². The van der Waals surface area contributed by atoms with Gasteiger partial charge in [-0.15, -0.1) is 0 Å². The van der Waals surface area contributed by atoms with E-state index in [2.05, 4.69) is 28.2 Å². The molecule has 0 aromatic heterocycles. The fourth-order valence-corrected chi connectivity index (χ4v) is 3.62. The maximum Gasteiger partial charge on any atom is 0.127 e. The molecule has 1 aliphatic rings. The predicted octanol–water partition coefficient (Wildman–Crippen LogP) is 5.43. The van der Waals surface area contributed by atoms with Gasteiger partial charge in [0.1, 0.15) is 5.82 Å². The van der Waals surface area contributed by atoms with E-state index in [1.54, 1.807) is 6.07 Å². The van der Waals surface area contributed by atoms with Crippen LogP contribution in [0.1, 0.15) is 57.4 Å². The average Bonchev–Trinajstić information content (AvgIpc) is 2.66. The molecule has 1 fully saturated rings. The van der Waals surface area contributed by atoms with E-state index in [0.29, 0.717) is 12.6 Å². The zero-order chi connectivity index (χ0) is 14.4. The van der Waals surface area contributed by atoms with Crippen LogP contribution in [-0.4, -0.2) is 6.04 Å². The molecule has 0 spiro atoms. The van der Waals surface area contributed by atoms with Gasteiger partial charge in [-0.3, -0.25) is 0 Å². The van der Waals surface area contributed by atoms with Crippen LogP contribution >= 0.6 is 15.9 Å². The minimum Gasteiger partial charge on any atom is -0.310 e. The molecule has 0 heterocycles. The minimum absolute atomic E-state index is 0.113. The van der Waals surface area contributed by atoms with Gasteiger partial charge in [0.15, 0.2) is 0 Å². The van der Waals surface area contributed by atoms with Gasteiger partial charge >= 0.3 is 0 Å². The van der Waals surface area contributed by atoms with E-state index in [4.69, 9.17) is 0 Å². The second-order valence-electron chi connectivity index (χ2n) is 5.98. The van der Waals surface area contributed by atoms with Crippen molar-refractivity contribution < 1.29 is 4.39 Å². The number of hydrogen-bond acceptors (Lipinski definition) is 1. The van der Waals surface area contributed by atoms with E-state index in [-0.39, 0.29) is 5.82 Å². The monoisotopic (exact) mass is 341 g/mol. The van der Waals surface area contributed by atoms with Gasteiger partial charge in [-0.05, 0) is 43.4 Å². The first-order chi connectivity index (χ1) is 9.69. The Labute approximate surface area is 130 Å². The zero-order valence-electron chi connectivity index (χ0n) is 12.3. The lowest BCUT2D eigenvalue weighted by molar-refractivity contribution is 0.408. The van der Waals surface area contributed by atoms with Crippen LogP contribution in [0.4, 0.5) is 4.39 Å². The molecule has 1 aliphatic carbocycles. The van der Waals surface area contributed by atoms with Crippen LogP contribution in [0, 0.1) is 11.7 Å². The summed E-state index contributed by atoms with van der Waals surface area (Å²) in [5.74, 6) is 0.799. The van der Waals surface area contributed by atoms with E-state index in [9.17, 15) is 4.39 Å². The standard InChI is InChI=1S/C17H25BrFN/c1-2-4-13-5-3-6-16(9-7-13)20-12-14-11-15(18)8-10-17(14)19/h8,10-11,13,16,20H,2-7,9,12H2,1H3. The third kappa shape index (κ3) is 4.85. The third-order valence-electron chi connectivity index (χ3n) is 4.37. The molecule has 2 rings (SSSR count). The first kappa shape index (κ1) is 16.0. The molecule has 0 bridgehead atoms. The Bertz CT molecular complexity index is 421. The molecule has 112 valence electrons. The largest absolute Gasteiger partial charge is 0.310 e. The van der Waals surface area contributed by atoms with Crippen LogP contribution in [0.3, 0.4) is 0 Å². The Balaban J connectivity index is 1.83. The Morgan fingerprint density at radius 3 is 2.90 bits per heavy atom. The number of benzene rings is 1. The highest BCUT2D eigenvalue weighted by atomic mass is 79.9.